The molecule has 46 heavy (non-hydrogen) atoms. The number of hydrogen-bond acceptors (Lipinski definition) is 7. The van der Waals surface area contributed by atoms with Crippen molar-refractivity contribution in [3.63, 3.8) is 0 Å². The van der Waals surface area contributed by atoms with Crippen LogP contribution < -0.4 is 10.6 Å². The molecule has 0 atom stereocenters. The maximum Gasteiger partial charge on any atom is 0.518 e. The minimum Gasteiger partial charge on any atom is -0.396 e. The van der Waals surface area contributed by atoms with Crippen LogP contribution in [0.4, 0.5) is 4.79 Å². The van der Waals surface area contributed by atoms with Crippen molar-refractivity contribution in [3.05, 3.63) is 81.3 Å². The van der Waals surface area contributed by atoms with Gasteiger partial charge in [0, 0.05) is 14.2 Å². The topological polar surface area (TPSA) is 112 Å². The fraction of sp³-hybridized carbons (Fsp3) is 0.486. The average molecular weight is 629 g/mol. The van der Waals surface area contributed by atoms with Gasteiger partial charge in [-0.1, -0.05) is 47.5 Å². The Kier molecular flexibility index (Phi) is 8.59. The highest BCUT2D eigenvalue weighted by atomic mass is 16.7. The summed E-state index contributed by atoms with van der Waals surface area (Å²) in [5, 5.41) is 6.38. The van der Waals surface area contributed by atoms with Crippen LogP contribution in [0.1, 0.15) is 84.7 Å². The summed E-state index contributed by atoms with van der Waals surface area (Å²) in [5.41, 5.74) is 4.13. The maximum atomic E-state index is 14.1. The molecule has 2 N–H and O–H groups in total. The Morgan fingerprint density at radius 1 is 0.652 bits per heavy atom. The second-order valence-corrected chi connectivity index (χ2v) is 13.4. The van der Waals surface area contributed by atoms with E-state index < -0.39 is 17.2 Å². The lowest BCUT2D eigenvalue weighted by Gasteiger charge is -2.38. The van der Waals surface area contributed by atoms with E-state index in [0.29, 0.717) is 73.6 Å². The van der Waals surface area contributed by atoms with Crippen molar-refractivity contribution in [3.8, 4) is 0 Å². The van der Waals surface area contributed by atoms with Gasteiger partial charge in [0.15, 0.2) is 0 Å². The van der Waals surface area contributed by atoms with Gasteiger partial charge in [-0.05, 0) is 101 Å². The fourth-order valence-corrected chi connectivity index (χ4v) is 7.69. The lowest BCUT2D eigenvalue weighted by Crippen LogP contribution is -2.50. The van der Waals surface area contributed by atoms with Gasteiger partial charge in [0.2, 0.25) is 0 Å². The zero-order chi connectivity index (χ0) is 32.8. The first-order valence-electron chi connectivity index (χ1n) is 16.2. The van der Waals surface area contributed by atoms with Gasteiger partial charge in [-0.3, -0.25) is 9.59 Å². The Labute approximate surface area is 270 Å². The second kappa shape index (κ2) is 12.3. The number of methoxy groups -OCH3 is 2. The minimum atomic E-state index is -0.968. The third-order valence-corrected chi connectivity index (χ3v) is 10.4. The standard InChI is InChI=1S/C37H44N2O7/c1-21-7-9-23(3)27(19-21)29-31(36(38-33(29)40)15-11-25(43-5)12-16-36)45-35(42)46-32-30(28-20-22(2)8-10-24(28)4)34(41)39-37(32)17-13-26(44-6)14-18-37/h7-10,19-20,25-26H,11-18H2,1-6H3,(H,38,40)(H,39,41). The summed E-state index contributed by atoms with van der Waals surface area (Å²) >= 11 is 0. The molecular weight excluding hydrogens is 584 g/mol. The third-order valence-electron chi connectivity index (χ3n) is 10.4. The van der Waals surface area contributed by atoms with Gasteiger partial charge in [0.05, 0.1) is 34.4 Å². The quantitative estimate of drug-likeness (QED) is 0.371. The maximum absolute atomic E-state index is 14.1. The predicted octanol–water partition coefficient (Wildman–Crippen LogP) is 6.11. The summed E-state index contributed by atoms with van der Waals surface area (Å²) in [6, 6.07) is 11.8. The molecule has 6 rings (SSSR count). The highest BCUT2D eigenvalue weighted by Crippen LogP contribution is 2.47. The summed E-state index contributed by atoms with van der Waals surface area (Å²) < 4.78 is 23.7. The lowest BCUT2D eigenvalue weighted by atomic mass is 9.79. The van der Waals surface area contributed by atoms with Gasteiger partial charge in [-0.15, -0.1) is 0 Å². The molecule has 2 aliphatic carbocycles. The highest BCUT2D eigenvalue weighted by Gasteiger charge is 2.53. The molecule has 0 unspecified atom stereocenters. The second-order valence-electron chi connectivity index (χ2n) is 13.4. The monoisotopic (exact) mass is 628 g/mol. The average Bonchev–Trinajstić information content (AvgIpc) is 3.44. The molecule has 2 amide bonds. The molecule has 2 fully saturated rings. The van der Waals surface area contributed by atoms with E-state index in [0.717, 1.165) is 22.3 Å². The van der Waals surface area contributed by atoms with Gasteiger partial charge in [0.1, 0.15) is 11.5 Å². The van der Waals surface area contributed by atoms with Crippen LogP contribution in [-0.2, 0) is 28.5 Å². The molecule has 2 aromatic rings. The first kappa shape index (κ1) is 32.0. The molecule has 0 bridgehead atoms. The van der Waals surface area contributed by atoms with Crippen LogP contribution in [-0.4, -0.2) is 55.5 Å². The van der Waals surface area contributed by atoms with Crippen molar-refractivity contribution in [2.45, 2.75) is 102 Å². The molecule has 2 saturated carbocycles. The first-order chi connectivity index (χ1) is 22.0. The summed E-state index contributed by atoms with van der Waals surface area (Å²) in [6.07, 6.45) is 4.13. The third kappa shape index (κ3) is 5.64. The van der Waals surface area contributed by atoms with Crippen LogP contribution >= 0.6 is 0 Å². The van der Waals surface area contributed by atoms with E-state index in [4.69, 9.17) is 18.9 Å². The van der Waals surface area contributed by atoms with Gasteiger partial charge in [-0.25, -0.2) is 4.79 Å². The van der Waals surface area contributed by atoms with Crippen LogP contribution in [0, 0.1) is 27.7 Å². The van der Waals surface area contributed by atoms with Gasteiger partial charge in [-0.2, -0.15) is 0 Å². The summed E-state index contributed by atoms with van der Waals surface area (Å²) in [6.45, 7) is 7.81. The molecule has 4 aliphatic rings. The Morgan fingerprint density at radius 2 is 1.02 bits per heavy atom. The molecule has 9 nitrogen and oxygen atoms in total. The van der Waals surface area contributed by atoms with E-state index in [1.54, 1.807) is 14.2 Å². The van der Waals surface area contributed by atoms with Crippen LogP contribution in [0.2, 0.25) is 0 Å². The Hall–Kier alpha value is -3.95. The number of carbonyl (C=O) groups is 3. The molecule has 2 heterocycles. The van der Waals surface area contributed by atoms with E-state index in [1.807, 2.05) is 64.1 Å². The van der Waals surface area contributed by atoms with Gasteiger partial charge >= 0.3 is 6.16 Å². The molecule has 0 saturated heterocycles. The SMILES string of the molecule is COC1CCC2(CC1)NC(=O)C(c1cc(C)ccc1C)=C2OC(=O)OC1=C(c2cc(C)ccc2C)C(=O)NC12CCC(OC)CC2. The molecule has 2 aromatic carbocycles. The fourth-order valence-electron chi connectivity index (χ4n) is 7.69. The van der Waals surface area contributed by atoms with Crippen molar-refractivity contribution in [1.82, 2.24) is 10.6 Å². The first-order valence-corrected chi connectivity index (χ1v) is 16.2. The zero-order valence-electron chi connectivity index (χ0n) is 27.6. The number of amides is 2. The summed E-state index contributed by atoms with van der Waals surface area (Å²) in [5.74, 6) is -0.0208. The largest absolute Gasteiger partial charge is 0.518 e. The van der Waals surface area contributed by atoms with E-state index in [1.165, 1.54) is 0 Å². The van der Waals surface area contributed by atoms with Crippen LogP contribution in [0.25, 0.3) is 11.1 Å². The molecule has 0 aromatic heterocycles. The number of ether oxygens (including phenoxy) is 4. The van der Waals surface area contributed by atoms with Crippen molar-refractivity contribution in [1.29, 1.82) is 0 Å². The van der Waals surface area contributed by atoms with Crippen LogP contribution in [0.15, 0.2) is 47.9 Å². The van der Waals surface area contributed by atoms with E-state index >= 15 is 0 Å². The smallest absolute Gasteiger partial charge is 0.396 e. The van der Waals surface area contributed by atoms with Crippen molar-refractivity contribution in [2.24, 2.45) is 0 Å². The lowest BCUT2D eigenvalue weighted by molar-refractivity contribution is -0.117. The van der Waals surface area contributed by atoms with Crippen molar-refractivity contribution < 1.29 is 33.3 Å². The number of aryl methyl sites for hydroxylation is 4. The normalized spacial score (nSPS) is 27.8. The molecule has 9 heteroatoms. The molecule has 244 valence electrons. The van der Waals surface area contributed by atoms with Crippen LogP contribution in [0.5, 0.6) is 0 Å². The van der Waals surface area contributed by atoms with E-state index in [9.17, 15) is 14.4 Å². The number of nitrogens with one attached hydrogen (secondary N) is 2. The Bertz CT molecular complexity index is 1520. The highest BCUT2D eigenvalue weighted by molar-refractivity contribution is 6.24. The number of hydrogen-bond donors (Lipinski definition) is 2. The Morgan fingerprint density at radius 3 is 1.37 bits per heavy atom. The minimum absolute atomic E-state index is 0.0587. The molecule has 0 radical (unpaired) electrons. The number of carbonyl (C=O) groups excluding carboxylic acids is 3. The molecule has 2 aliphatic heterocycles. The summed E-state index contributed by atoms with van der Waals surface area (Å²) in [7, 11) is 3.38. The van der Waals surface area contributed by atoms with Crippen LogP contribution in [0.3, 0.4) is 0 Å². The molecular formula is C37H44N2O7. The van der Waals surface area contributed by atoms with Crippen molar-refractivity contribution >= 4 is 29.1 Å². The predicted molar refractivity (Wildman–Crippen MR) is 174 cm³/mol. The Balaban J connectivity index is 1.43. The van der Waals surface area contributed by atoms with Gasteiger partial charge in [0.25, 0.3) is 11.8 Å². The van der Waals surface area contributed by atoms with E-state index in [-0.39, 0.29) is 35.5 Å². The van der Waals surface area contributed by atoms with Crippen molar-refractivity contribution in [2.75, 3.05) is 14.2 Å². The summed E-state index contributed by atoms with van der Waals surface area (Å²) in [4.78, 5) is 41.6. The van der Waals surface area contributed by atoms with E-state index in [2.05, 4.69) is 10.6 Å². The number of benzene rings is 2. The molecule has 2 spiro atoms. The van der Waals surface area contributed by atoms with Gasteiger partial charge < -0.3 is 29.6 Å². The number of rotatable bonds is 6. The zero-order valence-corrected chi connectivity index (χ0v) is 27.6.